The van der Waals surface area contributed by atoms with Crippen LogP contribution in [0.5, 0.6) is 5.75 Å². The molecule has 6 rings (SSSR count). The van der Waals surface area contributed by atoms with Crippen molar-refractivity contribution in [1.82, 2.24) is 19.5 Å². The van der Waals surface area contributed by atoms with Gasteiger partial charge in [0.05, 0.1) is 37.1 Å². The van der Waals surface area contributed by atoms with Gasteiger partial charge in [-0.15, -0.1) is 0 Å². The van der Waals surface area contributed by atoms with E-state index in [0.717, 1.165) is 40.4 Å². The third kappa shape index (κ3) is 2.84. The number of aliphatic hydroxyl groups is 2. The van der Waals surface area contributed by atoms with Crippen LogP contribution in [0, 0.1) is 12.3 Å². The molecule has 0 radical (unpaired) electrons. The minimum absolute atomic E-state index is 0.199. The van der Waals surface area contributed by atoms with Crippen molar-refractivity contribution in [3.63, 3.8) is 0 Å². The van der Waals surface area contributed by atoms with E-state index in [4.69, 9.17) is 9.47 Å². The van der Waals surface area contributed by atoms with E-state index in [-0.39, 0.29) is 12.1 Å². The first-order valence-corrected chi connectivity index (χ1v) is 10.7. The molecule has 1 aliphatic carbocycles. The molecule has 1 saturated heterocycles. The number of ether oxygens (including phenoxy) is 2. The molecule has 5 atom stereocenters. The first kappa shape index (κ1) is 19.0. The van der Waals surface area contributed by atoms with Crippen LogP contribution in [0.3, 0.4) is 0 Å². The van der Waals surface area contributed by atoms with E-state index in [9.17, 15) is 10.2 Å². The molecule has 162 valence electrons. The summed E-state index contributed by atoms with van der Waals surface area (Å²) in [6, 6.07) is 3.65. The van der Waals surface area contributed by atoms with E-state index in [1.807, 2.05) is 29.8 Å². The lowest BCUT2D eigenvalue weighted by Crippen LogP contribution is -2.37. The summed E-state index contributed by atoms with van der Waals surface area (Å²) in [5.41, 5.74) is 2.08. The van der Waals surface area contributed by atoms with Crippen LogP contribution < -0.4 is 10.1 Å². The highest BCUT2D eigenvalue weighted by molar-refractivity contribution is 5.78. The fourth-order valence-corrected chi connectivity index (χ4v) is 5.38. The Morgan fingerprint density at radius 1 is 1.23 bits per heavy atom. The molecule has 9 heteroatoms. The predicted molar refractivity (Wildman–Crippen MR) is 112 cm³/mol. The van der Waals surface area contributed by atoms with Crippen LogP contribution in [-0.4, -0.2) is 61.7 Å². The molecule has 2 fully saturated rings. The van der Waals surface area contributed by atoms with Gasteiger partial charge in [-0.3, -0.25) is 0 Å². The van der Waals surface area contributed by atoms with Gasteiger partial charge in [-0.25, -0.2) is 15.0 Å². The Hall–Kier alpha value is -2.75. The highest BCUT2D eigenvalue weighted by Gasteiger charge is 2.57. The molecule has 0 amide bonds. The third-order valence-electron chi connectivity index (χ3n) is 7.09. The number of fused-ring (bicyclic) bond motifs is 2. The third-order valence-corrected chi connectivity index (χ3v) is 7.09. The number of hydrogen-bond acceptors (Lipinski definition) is 8. The number of aromatic nitrogens is 4. The molecular formula is C22H25N5O4. The van der Waals surface area contributed by atoms with Crippen molar-refractivity contribution in [2.24, 2.45) is 5.41 Å². The Labute approximate surface area is 179 Å². The maximum Gasteiger partial charge on any atom is 0.168 e. The van der Waals surface area contributed by atoms with Crippen molar-refractivity contribution in [3.8, 4) is 5.75 Å². The van der Waals surface area contributed by atoms with Crippen molar-refractivity contribution in [2.75, 3.05) is 25.1 Å². The van der Waals surface area contributed by atoms with Crippen LogP contribution in [0.25, 0.3) is 11.0 Å². The van der Waals surface area contributed by atoms with Crippen molar-refractivity contribution >= 4 is 16.9 Å². The average Bonchev–Trinajstić information content (AvgIpc) is 3.48. The quantitative estimate of drug-likeness (QED) is 0.571. The highest BCUT2D eigenvalue weighted by atomic mass is 16.5. The summed E-state index contributed by atoms with van der Waals surface area (Å²) in [6.07, 6.45) is 4.51. The number of anilines is 1. The van der Waals surface area contributed by atoms with Gasteiger partial charge in [0, 0.05) is 28.8 Å². The number of rotatable bonds is 2. The topological polar surface area (TPSA) is 115 Å². The van der Waals surface area contributed by atoms with Gasteiger partial charge in [0.15, 0.2) is 11.6 Å². The lowest BCUT2D eigenvalue weighted by atomic mass is 9.80. The Morgan fingerprint density at radius 2 is 2.13 bits per heavy atom. The van der Waals surface area contributed by atoms with Crippen molar-refractivity contribution in [3.05, 3.63) is 42.1 Å². The maximum absolute atomic E-state index is 11.1. The van der Waals surface area contributed by atoms with Crippen LogP contribution >= 0.6 is 0 Å². The fourth-order valence-electron chi connectivity index (χ4n) is 5.38. The molecule has 5 unspecified atom stereocenters. The summed E-state index contributed by atoms with van der Waals surface area (Å²) in [5, 5.41) is 26.2. The van der Waals surface area contributed by atoms with Crippen LogP contribution in [-0.2, 0) is 4.74 Å². The van der Waals surface area contributed by atoms with Gasteiger partial charge < -0.3 is 29.6 Å². The molecule has 2 aliphatic heterocycles. The van der Waals surface area contributed by atoms with Gasteiger partial charge in [-0.1, -0.05) is 0 Å². The maximum atomic E-state index is 11.1. The molecule has 0 aromatic carbocycles. The number of hydrogen-bond donors (Lipinski definition) is 3. The number of aliphatic hydroxyl groups excluding tert-OH is 2. The number of nitrogens with zero attached hydrogens (tertiary/aromatic N) is 4. The van der Waals surface area contributed by atoms with Crippen molar-refractivity contribution < 1.29 is 19.7 Å². The summed E-state index contributed by atoms with van der Waals surface area (Å²) in [4.78, 5) is 13.1. The van der Waals surface area contributed by atoms with E-state index in [1.54, 1.807) is 6.20 Å². The summed E-state index contributed by atoms with van der Waals surface area (Å²) < 4.78 is 13.8. The summed E-state index contributed by atoms with van der Waals surface area (Å²) in [6.45, 7) is 3.67. The summed E-state index contributed by atoms with van der Waals surface area (Å²) in [5.74, 6) is 1.47. The highest BCUT2D eigenvalue weighted by Crippen LogP contribution is 2.55. The summed E-state index contributed by atoms with van der Waals surface area (Å²) in [7, 11) is 0. The van der Waals surface area contributed by atoms with E-state index < -0.39 is 17.6 Å². The lowest BCUT2D eigenvalue weighted by Gasteiger charge is -2.26. The Kier molecular flexibility index (Phi) is 4.21. The molecule has 5 heterocycles. The second-order valence-electron chi connectivity index (χ2n) is 8.88. The van der Waals surface area contributed by atoms with Crippen LogP contribution in [0.2, 0.25) is 0 Å². The standard InChI is InChI=1S/C22H25N5O4/c1-12-14-2-4-27(21(14)26-11-25-12)15-7-22(19(29)18(15)28)8-17(31-10-22)13-6-16-20(24-9-13)23-3-5-30-16/h2,4,6,9,11,15,17-19,28-29H,3,5,7-8,10H2,1H3,(H,23,24). The molecule has 1 saturated carbocycles. The van der Waals surface area contributed by atoms with E-state index in [1.165, 1.54) is 6.33 Å². The second kappa shape index (κ2) is 6.88. The van der Waals surface area contributed by atoms with Gasteiger partial charge >= 0.3 is 0 Å². The van der Waals surface area contributed by atoms with Gasteiger partial charge in [-0.2, -0.15) is 0 Å². The number of nitrogens with one attached hydrogen (secondary N) is 1. The smallest absolute Gasteiger partial charge is 0.168 e. The Morgan fingerprint density at radius 3 is 3.03 bits per heavy atom. The number of aryl methyl sites for hydroxylation is 1. The molecule has 31 heavy (non-hydrogen) atoms. The van der Waals surface area contributed by atoms with Crippen molar-refractivity contribution in [1.29, 1.82) is 0 Å². The second-order valence-corrected chi connectivity index (χ2v) is 8.88. The fraction of sp³-hybridized carbons (Fsp3) is 0.500. The zero-order chi connectivity index (χ0) is 21.2. The van der Waals surface area contributed by atoms with Gasteiger partial charge in [-0.05, 0) is 31.9 Å². The molecule has 3 N–H and O–H groups in total. The summed E-state index contributed by atoms with van der Waals surface area (Å²) >= 11 is 0. The van der Waals surface area contributed by atoms with Crippen LogP contribution in [0.1, 0.15) is 36.2 Å². The largest absolute Gasteiger partial charge is 0.488 e. The van der Waals surface area contributed by atoms with Crippen molar-refractivity contribution in [2.45, 2.75) is 44.1 Å². The molecule has 1 spiro atoms. The van der Waals surface area contributed by atoms with E-state index >= 15 is 0 Å². The predicted octanol–water partition coefficient (Wildman–Crippen LogP) is 1.75. The van der Waals surface area contributed by atoms with Crippen LogP contribution in [0.15, 0.2) is 30.9 Å². The minimum Gasteiger partial charge on any atom is -0.488 e. The van der Waals surface area contributed by atoms with Gasteiger partial charge in [0.1, 0.15) is 24.7 Å². The number of pyridine rings is 1. The minimum atomic E-state index is -0.901. The molecular weight excluding hydrogens is 398 g/mol. The zero-order valence-corrected chi connectivity index (χ0v) is 17.2. The molecule has 0 bridgehead atoms. The average molecular weight is 423 g/mol. The Balaban J connectivity index is 1.28. The SMILES string of the molecule is Cc1ncnc2c1ccn2C1CC2(COC(c3cnc4c(c3)OCCN4)C2)C(O)C1O. The van der Waals surface area contributed by atoms with Gasteiger partial charge in [0.2, 0.25) is 0 Å². The first-order chi connectivity index (χ1) is 15.1. The lowest BCUT2D eigenvalue weighted by molar-refractivity contribution is -0.0309. The van der Waals surface area contributed by atoms with Gasteiger partial charge in [0.25, 0.3) is 0 Å². The normalized spacial score (nSPS) is 32.2. The molecule has 3 aromatic rings. The van der Waals surface area contributed by atoms with E-state index in [0.29, 0.717) is 26.1 Å². The first-order valence-electron chi connectivity index (χ1n) is 10.7. The molecule has 9 nitrogen and oxygen atoms in total. The molecule has 3 aliphatic rings. The van der Waals surface area contributed by atoms with E-state index in [2.05, 4.69) is 20.3 Å². The zero-order valence-electron chi connectivity index (χ0n) is 17.2. The molecule has 3 aromatic heterocycles. The monoisotopic (exact) mass is 423 g/mol. The Bertz CT molecular complexity index is 1150. The van der Waals surface area contributed by atoms with Crippen LogP contribution in [0.4, 0.5) is 5.82 Å².